The molecule has 34 heavy (non-hydrogen) atoms. The van der Waals surface area contributed by atoms with Gasteiger partial charge in [0.05, 0.1) is 10.0 Å². The first kappa shape index (κ1) is 25.6. The summed E-state index contributed by atoms with van der Waals surface area (Å²) in [4.78, 5) is 27.9. The highest BCUT2D eigenvalue weighted by Crippen LogP contribution is 2.24. The molecule has 0 aliphatic heterocycles. The molecule has 7 heteroatoms. The van der Waals surface area contributed by atoms with Crippen LogP contribution in [0.15, 0.2) is 66.7 Å². The summed E-state index contributed by atoms with van der Waals surface area (Å²) in [5.41, 5.74) is 3.92. The average molecular weight is 499 g/mol. The predicted octanol–water partition coefficient (Wildman–Crippen LogP) is 5.38. The number of carbonyl (C=O) groups is 2. The second-order valence-corrected chi connectivity index (χ2v) is 8.94. The Kier molecular flexibility index (Phi) is 8.97. The molecular weight excluding hydrogens is 471 g/mol. The van der Waals surface area contributed by atoms with Gasteiger partial charge in [0.15, 0.2) is 6.61 Å². The van der Waals surface area contributed by atoms with Crippen LogP contribution in [0.2, 0.25) is 10.0 Å². The molecule has 0 spiro atoms. The van der Waals surface area contributed by atoms with E-state index in [-0.39, 0.29) is 25.0 Å². The molecule has 178 valence electrons. The average Bonchev–Trinajstić information content (AvgIpc) is 2.84. The summed E-state index contributed by atoms with van der Waals surface area (Å²) in [5.74, 6) is 0.0303. The van der Waals surface area contributed by atoms with Gasteiger partial charge in [-0.05, 0) is 60.4 Å². The third kappa shape index (κ3) is 6.75. The molecule has 0 aliphatic rings. The minimum Gasteiger partial charge on any atom is -0.484 e. The number of likely N-dealkylation sites (N-methyl/N-ethyl adjacent to an activating group) is 1. The predicted molar refractivity (Wildman–Crippen MR) is 136 cm³/mol. The van der Waals surface area contributed by atoms with Crippen molar-refractivity contribution in [2.24, 2.45) is 0 Å². The first-order valence-corrected chi connectivity index (χ1v) is 11.7. The van der Waals surface area contributed by atoms with E-state index in [9.17, 15) is 9.59 Å². The van der Waals surface area contributed by atoms with Gasteiger partial charge in [-0.15, -0.1) is 0 Å². The van der Waals surface area contributed by atoms with Crippen molar-refractivity contribution in [1.82, 2.24) is 10.2 Å². The molecule has 0 aliphatic carbocycles. The van der Waals surface area contributed by atoms with E-state index in [0.29, 0.717) is 22.2 Å². The van der Waals surface area contributed by atoms with Crippen molar-refractivity contribution >= 4 is 35.0 Å². The fraction of sp³-hybridized carbons (Fsp3) is 0.259. The second kappa shape index (κ2) is 11.9. The van der Waals surface area contributed by atoms with Crippen LogP contribution in [0, 0.1) is 13.8 Å². The zero-order valence-corrected chi connectivity index (χ0v) is 21.0. The van der Waals surface area contributed by atoms with E-state index >= 15 is 0 Å². The fourth-order valence-corrected chi connectivity index (χ4v) is 3.91. The molecule has 3 rings (SSSR count). The molecule has 0 radical (unpaired) electrons. The number of hydrogen-bond donors (Lipinski definition) is 1. The summed E-state index contributed by atoms with van der Waals surface area (Å²) in [6.07, 6.45) is 0.358. The maximum atomic E-state index is 13.4. The van der Waals surface area contributed by atoms with Gasteiger partial charge in [0.1, 0.15) is 11.8 Å². The molecular formula is C27H28Cl2N2O3. The van der Waals surface area contributed by atoms with Crippen LogP contribution in [0.5, 0.6) is 5.75 Å². The molecule has 1 unspecified atom stereocenters. The van der Waals surface area contributed by atoms with Crippen molar-refractivity contribution in [3.8, 4) is 5.75 Å². The minimum absolute atomic E-state index is 0.178. The maximum Gasteiger partial charge on any atom is 0.261 e. The van der Waals surface area contributed by atoms with E-state index in [1.807, 2.05) is 62.4 Å². The highest BCUT2D eigenvalue weighted by Gasteiger charge is 2.30. The van der Waals surface area contributed by atoms with E-state index in [2.05, 4.69) is 5.32 Å². The Hall–Kier alpha value is -3.02. The monoisotopic (exact) mass is 498 g/mol. The number of halogens is 2. The number of benzene rings is 3. The van der Waals surface area contributed by atoms with Crippen molar-refractivity contribution in [1.29, 1.82) is 0 Å². The largest absolute Gasteiger partial charge is 0.484 e. The smallest absolute Gasteiger partial charge is 0.261 e. The van der Waals surface area contributed by atoms with Crippen molar-refractivity contribution < 1.29 is 14.3 Å². The maximum absolute atomic E-state index is 13.4. The lowest BCUT2D eigenvalue weighted by Crippen LogP contribution is -2.51. The van der Waals surface area contributed by atoms with Gasteiger partial charge in [0.25, 0.3) is 5.91 Å². The van der Waals surface area contributed by atoms with Crippen molar-refractivity contribution in [2.75, 3.05) is 13.7 Å². The Labute approximate surface area is 210 Å². The van der Waals surface area contributed by atoms with Gasteiger partial charge >= 0.3 is 0 Å². The molecule has 0 bridgehead atoms. The summed E-state index contributed by atoms with van der Waals surface area (Å²) in [6.45, 7) is 3.98. The van der Waals surface area contributed by atoms with Gasteiger partial charge in [-0.25, -0.2) is 0 Å². The number of amides is 2. The van der Waals surface area contributed by atoms with Gasteiger partial charge in [0.2, 0.25) is 5.91 Å². The van der Waals surface area contributed by atoms with E-state index < -0.39 is 6.04 Å². The number of nitrogens with one attached hydrogen (secondary N) is 1. The highest BCUT2D eigenvalue weighted by atomic mass is 35.5. The number of hydrogen-bond acceptors (Lipinski definition) is 3. The summed E-state index contributed by atoms with van der Waals surface area (Å²) in [7, 11) is 1.56. The van der Waals surface area contributed by atoms with Crippen molar-refractivity contribution in [2.45, 2.75) is 32.9 Å². The van der Waals surface area contributed by atoms with E-state index in [1.165, 1.54) is 4.90 Å². The normalized spacial score (nSPS) is 11.6. The van der Waals surface area contributed by atoms with Gasteiger partial charge in [0, 0.05) is 20.0 Å². The molecule has 1 N–H and O–H groups in total. The van der Waals surface area contributed by atoms with Gasteiger partial charge in [-0.2, -0.15) is 0 Å². The third-order valence-corrected chi connectivity index (χ3v) is 6.43. The number of ether oxygens (including phenoxy) is 1. The molecule has 0 aromatic heterocycles. The lowest BCUT2D eigenvalue weighted by atomic mass is 10.0. The molecule has 0 saturated carbocycles. The number of nitrogens with zero attached hydrogens (tertiary/aromatic N) is 1. The molecule has 5 nitrogen and oxygen atoms in total. The molecule has 0 fully saturated rings. The topological polar surface area (TPSA) is 58.6 Å². The molecule has 3 aromatic carbocycles. The summed E-state index contributed by atoms with van der Waals surface area (Å²) < 4.78 is 5.81. The van der Waals surface area contributed by atoms with E-state index in [1.54, 1.807) is 25.2 Å². The van der Waals surface area contributed by atoms with Crippen LogP contribution in [-0.2, 0) is 22.6 Å². The van der Waals surface area contributed by atoms with Gasteiger partial charge in [-0.1, -0.05) is 65.7 Å². The summed E-state index contributed by atoms with van der Waals surface area (Å²) in [5, 5.41) is 3.50. The molecule has 0 heterocycles. The van der Waals surface area contributed by atoms with Crippen LogP contribution in [0.1, 0.15) is 22.3 Å². The number of rotatable bonds is 9. The van der Waals surface area contributed by atoms with Gasteiger partial charge < -0.3 is 15.0 Å². The highest BCUT2D eigenvalue weighted by molar-refractivity contribution is 6.42. The zero-order chi connectivity index (χ0) is 24.7. The molecule has 0 saturated heterocycles. The Morgan fingerprint density at radius 2 is 1.65 bits per heavy atom. The fourth-order valence-electron chi connectivity index (χ4n) is 3.59. The summed E-state index contributed by atoms with van der Waals surface area (Å²) in [6, 6.07) is 19.7. The minimum atomic E-state index is -0.738. The van der Waals surface area contributed by atoms with Crippen molar-refractivity contribution in [3.05, 3.63) is 99.0 Å². The standard InChI is InChI=1S/C27H28Cl2N2O3/c1-18-9-11-22(13-19(18)2)34-17-26(32)31(16-21-10-12-23(28)24(29)14-21)25(27(33)30-3)15-20-7-5-4-6-8-20/h4-14,25H,15-17H2,1-3H3,(H,30,33). The Balaban J connectivity index is 1.89. The Morgan fingerprint density at radius 1 is 0.912 bits per heavy atom. The second-order valence-electron chi connectivity index (χ2n) is 8.12. The molecule has 3 aromatic rings. The SMILES string of the molecule is CNC(=O)C(Cc1ccccc1)N(Cc1ccc(Cl)c(Cl)c1)C(=O)COc1ccc(C)c(C)c1. The van der Waals surface area contributed by atoms with Crippen LogP contribution >= 0.6 is 23.2 Å². The Bertz CT molecular complexity index is 1150. The van der Waals surface area contributed by atoms with E-state index in [0.717, 1.165) is 22.3 Å². The summed E-state index contributed by atoms with van der Waals surface area (Å²) >= 11 is 12.3. The van der Waals surface area contributed by atoms with Crippen LogP contribution in [0.3, 0.4) is 0 Å². The van der Waals surface area contributed by atoms with E-state index in [4.69, 9.17) is 27.9 Å². The van der Waals surface area contributed by atoms with Crippen LogP contribution in [0.25, 0.3) is 0 Å². The third-order valence-electron chi connectivity index (χ3n) is 5.70. The quantitative estimate of drug-likeness (QED) is 0.431. The zero-order valence-electron chi connectivity index (χ0n) is 19.5. The van der Waals surface area contributed by atoms with Crippen molar-refractivity contribution in [3.63, 3.8) is 0 Å². The molecule has 1 atom stereocenters. The lowest BCUT2D eigenvalue weighted by molar-refractivity contribution is -0.142. The van der Waals surface area contributed by atoms with Gasteiger partial charge in [-0.3, -0.25) is 9.59 Å². The van der Waals surface area contributed by atoms with Crippen LogP contribution in [-0.4, -0.2) is 36.4 Å². The lowest BCUT2D eigenvalue weighted by Gasteiger charge is -2.31. The molecule has 2 amide bonds. The number of carbonyl (C=O) groups excluding carboxylic acids is 2. The Morgan fingerprint density at radius 3 is 2.29 bits per heavy atom. The first-order chi connectivity index (χ1) is 16.3. The van der Waals surface area contributed by atoms with Crippen LogP contribution < -0.4 is 10.1 Å². The van der Waals surface area contributed by atoms with Crippen LogP contribution in [0.4, 0.5) is 0 Å². The number of aryl methyl sites for hydroxylation is 2. The first-order valence-electron chi connectivity index (χ1n) is 11.0.